The Morgan fingerprint density at radius 2 is 2.11 bits per heavy atom. The Kier molecular flexibility index (Phi) is 2.56. The minimum absolute atomic E-state index is 0.143. The fraction of sp³-hybridized carbons (Fsp3) is 0.188. The summed E-state index contributed by atoms with van der Waals surface area (Å²) in [6.45, 7) is 1.63. The zero-order valence-corrected chi connectivity index (χ0v) is 11.1. The monoisotopic (exact) mass is 254 g/mol. The number of ketones is 1. The molecule has 1 unspecified atom stereocenters. The van der Waals surface area contributed by atoms with Gasteiger partial charge in [0.15, 0.2) is 0 Å². The third-order valence-electron chi connectivity index (χ3n) is 3.75. The normalized spacial score (nSPS) is 24.1. The molecule has 0 saturated heterocycles. The minimum atomic E-state index is -0.541. The first-order chi connectivity index (χ1) is 8.66. The van der Waals surface area contributed by atoms with E-state index in [1.807, 2.05) is 18.2 Å². The molecule has 0 amide bonds. The third kappa shape index (κ3) is 1.52. The second-order valence-corrected chi connectivity index (χ2v) is 5.15. The number of thiol groups is 1. The quantitative estimate of drug-likeness (QED) is 0.794. The lowest BCUT2D eigenvalue weighted by molar-refractivity contribution is -0.121. The van der Waals surface area contributed by atoms with E-state index in [1.54, 1.807) is 6.92 Å². The zero-order valence-electron chi connectivity index (χ0n) is 10.2. The van der Waals surface area contributed by atoms with Crippen molar-refractivity contribution >= 4 is 30.1 Å². The van der Waals surface area contributed by atoms with E-state index in [9.17, 15) is 4.79 Å². The van der Waals surface area contributed by atoms with Gasteiger partial charge in [0, 0.05) is 5.75 Å². The smallest absolute Gasteiger partial charge is 0.144 e. The summed E-state index contributed by atoms with van der Waals surface area (Å²) in [5.41, 5.74) is 1.81. The van der Waals surface area contributed by atoms with E-state index in [-0.39, 0.29) is 5.78 Å². The molecule has 1 aromatic carbocycles. The van der Waals surface area contributed by atoms with Crippen molar-refractivity contribution in [2.24, 2.45) is 5.41 Å². The van der Waals surface area contributed by atoms with Crippen molar-refractivity contribution in [3.05, 3.63) is 58.5 Å². The van der Waals surface area contributed by atoms with Gasteiger partial charge in [-0.05, 0) is 34.6 Å². The number of fused-ring (bicyclic) bond motifs is 2. The summed E-state index contributed by atoms with van der Waals surface area (Å²) in [4.78, 5) is 11.8. The van der Waals surface area contributed by atoms with Crippen molar-refractivity contribution < 1.29 is 4.79 Å². The summed E-state index contributed by atoms with van der Waals surface area (Å²) in [5, 5.41) is 2.47. The van der Waals surface area contributed by atoms with Crippen molar-refractivity contribution in [1.82, 2.24) is 0 Å². The number of carbonyl (C=O) groups excluding carboxylic acids is 1. The molecule has 0 saturated carbocycles. The van der Waals surface area contributed by atoms with Gasteiger partial charge in [-0.25, -0.2) is 0 Å². The van der Waals surface area contributed by atoms with E-state index in [2.05, 4.69) is 43.0 Å². The summed E-state index contributed by atoms with van der Waals surface area (Å²) >= 11 is 4.34. The van der Waals surface area contributed by atoms with E-state index >= 15 is 0 Å². The van der Waals surface area contributed by atoms with Gasteiger partial charge >= 0.3 is 0 Å². The van der Waals surface area contributed by atoms with Crippen molar-refractivity contribution in [3.63, 3.8) is 0 Å². The lowest BCUT2D eigenvalue weighted by Crippen LogP contribution is -2.29. The topological polar surface area (TPSA) is 17.1 Å². The molecule has 2 heteroatoms. The van der Waals surface area contributed by atoms with Crippen LogP contribution in [0.15, 0.2) is 48.1 Å². The summed E-state index contributed by atoms with van der Waals surface area (Å²) < 4.78 is 0. The number of allylic oxidation sites excluding steroid dienone is 4. The number of carbonyl (C=O) groups is 1. The molecule has 2 aliphatic carbocycles. The predicted octanol–water partition coefficient (Wildman–Crippen LogP) is 1.63. The van der Waals surface area contributed by atoms with Crippen molar-refractivity contribution in [2.75, 3.05) is 5.75 Å². The molecule has 0 bridgehead atoms. The van der Waals surface area contributed by atoms with Gasteiger partial charge in [-0.2, -0.15) is 12.6 Å². The molecule has 0 N–H and O–H groups in total. The van der Waals surface area contributed by atoms with E-state index in [0.717, 1.165) is 5.57 Å². The Morgan fingerprint density at radius 1 is 1.33 bits per heavy atom. The van der Waals surface area contributed by atoms with E-state index < -0.39 is 5.41 Å². The van der Waals surface area contributed by atoms with Crippen LogP contribution in [0.25, 0.3) is 11.6 Å². The Labute approximate surface area is 112 Å². The molecule has 1 aromatic rings. The van der Waals surface area contributed by atoms with Gasteiger partial charge in [-0.1, -0.05) is 42.5 Å². The SMILES string of the molecule is CC(=O)C1(CS)C=CC2=c3ccccc3=CC2=C1. The highest BCUT2D eigenvalue weighted by Crippen LogP contribution is 2.34. The number of hydrogen-bond acceptors (Lipinski definition) is 2. The first-order valence-corrected chi connectivity index (χ1v) is 6.65. The highest BCUT2D eigenvalue weighted by atomic mass is 32.1. The van der Waals surface area contributed by atoms with Crippen LogP contribution in [-0.4, -0.2) is 11.5 Å². The van der Waals surface area contributed by atoms with Gasteiger partial charge in [0.2, 0.25) is 0 Å². The number of hydrogen-bond donors (Lipinski definition) is 1. The van der Waals surface area contributed by atoms with Crippen LogP contribution in [0.4, 0.5) is 0 Å². The number of Topliss-reactive ketones (excluding diaryl/α,β-unsaturated/α-hetero) is 1. The van der Waals surface area contributed by atoms with E-state index in [0.29, 0.717) is 5.75 Å². The van der Waals surface area contributed by atoms with E-state index in [4.69, 9.17) is 0 Å². The van der Waals surface area contributed by atoms with E-state index in [1.165, 1.54) is 16.0 Å². The maximum absolute atomic E-state index is 11.8. The molecule has 2 aliphatic rings. The van der Waals surface area contributed by atoms with Crippen molar-refractivity contribution in [1.29, 1.82) is 0 Å². The van der Waals surface area contributed by atoms with Crippen LogP contribution in [-0.2, 0) is 4.79 Å². The highest BCUT2D eigenvalue weighted by Gasteiger charge is 2.32. The van der Waals surface area contributed by atoms with Gasteiger partial charge in [-0.3, -0.25) is 4.79 Å². The van der Waals surface area contributed by atoms with Crippen LogP contribution in [0.1, 0.15) is 6.92 Å². The van der Waals surface area contributed by atoms with Crippen LogP contribution in [0, 0.1) is 5.41 Å². The molecule has 0 radical (unpaired) electrons. The van der Waals surface area contributed by atoms with Gasteiger partial charge < -0.3 is 0 Å². The molecule has 0 heterocycles. The minimum Gasteiger partial charge on any atom is -0.299 e. The summed E-state index contributed by atoms with van der Waals surface area (Å²) in [7, 11) is 0. The lowest BCUT2D eigenvalue weighted by atomic mass is 9.79. The third-order valence-corrected chi connectivity index (χ3v) is 4.27. The standard InChI is InChI=1S/C16H14OS/c1-11(17)16(10-18)7-6-15-13(9-16)8-12-4-2-3-5-14(12)15/h2-9,18H,10H2,1H3. The Morgan fingerprint density at radius 3 is 2.83 bits per heavy atom. The Bertz CT molecular complexity index is 709. The molecule has 1 nitrogen and oxygen atoms in total. The van der Waals surface area contributed by atoms with Gasteiger partial charge in [0.25, 0.3) is 0 Å². The Balaban J connectivity index is 2.25. The van der Waals surface area contributed by atoms with Gasteiger partial charge in [0.05, 0.1) is 5.41 Å². The molecule has 0 spiro atoms. The number of rotatable bonds is 2. The van der Waals surface area contributed by atoms with Crippen LogP contribution in [0.5, 0.6) is 0 Å². The van der Waals surface area contributed by atoms with Crippen LogP contribution < -0.4 is 10.4 Å². The molecule has 0 fully saturated rings. The molecule has 1 atom stereocenters. The lowest BCUT2D eigenvalue weighted by Gasteiger charge is -2.26. The zero-order chi connectivity index (χ0) is 12.8. The second-order valence-electron chi connectivity index (χ2n) is 4.83. The van der Waals surface area contributed by atoms with Crippen LogP contribution in [0.3, 0.4) is 0 Å². The van der Waals surface area contributed by atoms with Crippen LogP contribution >= 0.6 is 12.6 Å². The molecule has 0 aromatic heterocycles. The van der Waals surface area contributed by atoms with Gasteiger partial charge in [0.1, 0.15) is 5.78 Å². The van der Waals surface area contributed by atoms with Crippen molar-refractivity contribution in [2.45, 2.75) is 6.92 Å². The summed E-state index contributed by atoms with van der Waals surface area (Å²) in [6.07, 6.45) is 8.25. The largest absolute Gasteiger partial charge is 0.299 e. The van der Waals surface area contributed by atoms with Crippen LogP contribution in [0.2, 0.25) is 0 Å². The molecule has 18 heavy (non-hydrogen) atoms. The van der Waals surface area contributed by atoms with Gasteiger partial charge in [-0.15, -0.1) is 0 Å². The second kappa shape index (κ2) is 3.99. The predicted molar refractivity (Wildman–Crippen MR) is 77.8 cm³/mol. The average molecular weight is 254 g/mol. The molecule has 90 valence electrons. The molecule has 0 aliphatic heterocycles. The maximum Gasteiger partial charge on any atom is 0.144 e. The summed E-state index contributed by atoms with van der Waals surface area (Å²) in [5.74, 6) is 0.657. The summed E-state index contributed by atoms with van der Waals surface area (Å²) in [6, 6.07) is 8.30. The fourth-order valence-electron chi connectivity index (χ4n) is 2.56. The number of benzene rings is 1. The fourth-order valence-corrected chi connectivity index (χ4v) is 2.98. The highest BCUT2D eigenvalue weighted by molar-refractivity contribution is 7.80. The average Bonchev–Trinajstić information content (AvgIpc) is 2.75. The molecular formula is C16H14OS. The molecular weight excluding hydrogens is 240 g/mol. The Hall–Kier alpha value is -1.54. The van der Waals surface area contributed by atoms with Crippen molar-refractivity contribution in [3.8, 4) is 0 Å². The maximum atomic E-state index is 11.8. The molecule has 3 rings (SSSR count). The first-order valence-electron chi connectivity index (χ1n) is 6.02. The first kappa shape index (κ1) is 11.5.